The first kappa shape index (κ1) is 21.9. The maximum atomic E-state index is 13.4. The van der Waals surface area contributed by atoms with Gasteiger partial charge in [0.25, 0.3) is 0 Å². The lowest BCUT2D eigenvalue weighted by atomic mass is 10.1. The van der Waals surface area contributed by atoms with Gasteiger partial charge in [-0.2, -0.15) is 4.37 Å². The van der Waals surface area contributed by atoms with E-state index in [9.17, 15) is 4.79 Å². The van der Waals surface area contributed by atoms with Crippen molar-refractivity contribution in [3.8, 4) is 0 Å². The number of anilines is 2. The third-order valence-electron chi connectivity index (χ3n) is 6.77. The summed E-state index contributed by atoms with van der Waals surface area (Å²) in [6.07, 6.45) is 2.64. The molecular formula is C26H31N5OS. The Bertz CT molecular complexity index is 1100. The first-order valence-corrected chi connectivity index (χ1v) is 12.6. The Kier molecular flexibility index (Phi) is 6.31. The zero-order chi connectivity index (χ0) is 22.8. The zero-order valence-electron chi connectivity index (χ0n) is 19.4. The van der Waals surface area contributed by atoms with Gasteiger partial charge in [-0.3, -0.25) is 4.79 Å². The van der Waals surface area contributed by atoms with Crippen molar-refractivity contribution in [1.29, 1.82) is 0 Å². The zero-order valence-corrected chi connectivity index (χ0v) is 20.2. The number of aryl methyl sites for hydroxylation is 2. The molecule has 2 saturated heterocycles. The molecule has 2 fully saturated rings. The summed E-state index contributed by atoms with van der Waals surface area (Å²) in [5, 5.41) is 0.881. The van der Waals surface area contributed by atoms with Crippen LogP contribution in [-0.2, 0) is 11.2 Å². The number of hydrogen-bond donors (Lipinski definition) is 0. The summed E-state index contributed by atoms with van der Waals surface area (Å²) in [7, 11) is 0. The molecule has 1 aromatic heterocycles. The lowest BCUT2D eigenvalue weighted by molar-refractivity contribution is -0.132. The van der Waals surface area contributed by atoms with Crippen molar-refractivity contribution in [2.75, 3.05) is 42.5 Å². The molecule has 1 amide bonds. The van der Waals surface area contributed by atoms with Crippen molar-refractivity contribution >= 4 is 28.3 Å². The van der Waals surface area contributed by atoms with Crippen LogP contribution in [0.3, 0.4) is 0 Å². The number of benzene rings is 2. The van der Waals surface area contributed by atoms with Crippen LogP contribution in [0.15, 0.2) is 48.5 Å². The molecule has 0 radical (unpaired) electrons. The average molecular weight is 462 g/mol. The lowest BCUT2D eigenvalue weighted by Crippen LogP contribution is -2.54. The van der Waals surface area contributed by atoms with Crippen LogP contribution in [0.25, 0.3) is 0 Å². The highest BCUT2D eigenvalue weighted by atomic mass is 32.1. The van der Waals surface area contributed by atoms with Gasteiger partial charge in [0.2, 0.25) is 11.0 Å². The highest BCUT2D eigenvalue weighted by molar-refractivity contribution is 7.09. The molecule has 1 unspecified atom stereocenters. The van der Waals surface area contributed by atoms with Crippen LogP contribution >= 0.6 is 11.5 Å². The van der Waals surface area contributed by atoms with Crippen LogP contribution in [0.1, 0.15) is 35.4 Å². The molecule has 2 aliphatic heterocycles. The number of hydrogen-bond acceptors (Lipinski definition) is 6. The fourth-order valence-corrected chi connectivity index (χ4v) is 5.63. The van der Waals surface area contributed by atoms with Gasteiger partial charge in [0, 0.05) is 56.4 Å². The fourth-order valence-electron chi connectivity index (χ4n) is 4.87. The number of piperazine rings is 1. The summed E-state index contributed by atoms with van der Waals surface area (Å²) in [4.78, 5) is 24.9. The average Bonchev–Trinajstić information content (AvgIpc) is 3.50. The van der Waals surface area contributed by atoms with Crippen molar-refractivity contribution < 1.29 is 4.79 Å². The van der Waals surface area contributed by atoms with Gasteiger partial charge in [0.1, 0.15) is 11.9 Å². The standard InChI is InChI=1S/C26H31N5OS/c1-19-9-11-21(12-10-19)18-24-27-26(33-28-24)31-13-5-8-23(31)25(32)30-16-14-29(15-17-30)22-7-4-3-6-20(22)2/h3-4,6-7,9-12,23H,5,8,13-18H2,1-2H3. The van der Waals surface area contributed by atoms with E-state index in [1.54, 1.807) is 0 Å². The van der Waals surface area contributed by atoms with Crippen molar-refractivity contribution in [3.05, 3.63) is 71.0 Å². The van der Waals surface area contributed by atoms with E-state index < -0.39 is 0 Å². The normalized spacial score (nSPS) is 18.7. The summed E-state index contributed by atoms with van der Waals surface area (Å²) < 4.78 is 4.59. The van der Waals surface area contributed by atoms with E-state index in [1.165, 1.54) is 33.9 Å². The van der Waals surface area contributed by atoms with Gasteiger partial charge in [-0.05, 0) is 43.9 Å². The second-order valence-corrected chi connectivity index (χ2v) is 9.84. The number of aromatic nitrogens is 2. The molecule has 3 aromatic rings. The molecule has 172 valence electrons. The molecule has 0 bridgehead atoms. The topological polar surface area (TPSA) is 52.6 Å². The molecule has 3 heterocycles. The van der Waals surface area contributed by atoms with E-state index in [1.807, 2.05) is 4.90 Å². The summed E-state index contributed by atoms with van der Waals surface area (Å²) >= 11 is 1.42. The lowest BCUT2D eigenvalue weighted by Gasteiger charge is -2.38. The largest absolute Gasteiger partial charge is 0.368 e. The van der Waals surface area contributed by atoms with E-state index >= 15 is 0 Å². The summed E-state index contributed by atoms with van der Waals surface area (Å²) in [6, 6.07) is 16.9. The van der Waals surface area contributed by atoms with Gasteiger partial charge in [-0.1, -0.05) is 48.0 Å². The Morgan fingerprint density at radius 1 is 1.00 bits per heavy atom. The van der Waals surface area contributed by atoms with Gasteiger partial charge in [0.05, 0.1) is 0 Å². The molecule has 6 nitrogen and oxygen atoms in total. The minimum absolute atomic E-state index is 0.116. The predicted octanol–water partition coefficient (Wildman–Crippen LogP) is 4.06. The van der Waals surface area contributed by atoms with Crippen LogP contribution in [0.2, 0.25) is 0 Å². The SMILES string of the molecule is Cc1ccc(Cc2nsc(N3CCCC3C(=O)N3CCN(c4ccccc4C)CC3)n2)cc1. The number of para-hydroxylation sites is 1. The molecule has 0 N–H and O–H groups in total. The molecule has 33 heavy (non-hydrogen) atoms. The van der Waals surface area contributed by atoms with Gasteiger partial charge in [0.15, 0.2) is 0 Å². The number of rotatable bonds is 5. The first-order valence-electron chi connectivity index (χ1n) is 11.8. The third-order valence-corrected chi connectivity index (χ3v) is 7.56. The molecule has 2 aromatic carbocycles. The van der Waals surface area contributed by atoms with Crippen LogP contribution in [-0.4, -0.2) is 58.9 Å². The van der Waals surface area contributed by atoms with Crippen LogP contribution in [0, 0.1) is 13.8 Å². The number of amides is 1. The Morgan fingerprint density at radius 2 is 1.76 bits per heavy atom. The Hall–Kier alpha value is -2.93. The minimum atomic E-state index is -0.116. The summed E-state index contributed by atoms with van der Waals surface area (Å²) in [5.74, 6) is 1.08. The summed E-state index contributed by atoms with van der Waals surface area (Å²) in [6.45, 7) is 8.41. The number of carbonyl (C=O) groups excluding carboxylic acids is 1. The highest BCUT2D eigenvalue weighted by Gasteiger charge is 2.36. The Morgan fingerprint density at radius 3 is 2.52 bits per heavy atom. The maximum absolute atomic E-state index is 13.4. The second-order valence-electron chi connectivity index (χ2n) is 9.11. The van der Waals surface area contributed by atoms with Crippen molar-refractivity contribution in [2.45, 2.75) is 39.2 Å². The van der Waals surface area contributed by atoms with Crippen LogP contribution in [0.4, 0.5) is 10.8 Å². The molecule has 0 aliphatic carbocycles. The molecular weight excluding hydrogens is 430 g/mol. The maximum Gasteiger partial charge on any atom is 0.245 e. The van der Waals surface area contributed by atoms with Gasteiger partial charge in [-0.15, -0.1) is 0 Å². The quantitative estimate of drug-likeness (QED) is 0.574. The third kappa shape index (κ3) is 4.74. The monoisotopic (exact) mass is 461 g/mol. The molecule has 1 atom stereocenters. The van der Waals surface area contributed by atoms with E-state index in [4.69, 9.17) is 4.98 Å². The smallest absolute Gasteiger partial charge is 0.245 e. The molecule has 7 heteroatoms. The number of nitrogens with zero attached hydrogens (tertiary/aromatic N) is 5. The van der Waals surface area contributed by atoms with Gasteiger partial charge >= 0.3 is 0 Å². The molecule has 5 rings (SSSR count). The highest BCUT2D eigenvalue weighted by Crippen LogP contribution is 2.29. The number of carbonyl (C=O) groups is 1. The van der Waals surface area contributed by atoms with Crippen LogP contribution < -0.4 is 9.80 Å². The van der Waals surface area contributed by atoms with Crippen molar-refractivity contribution in [3.63, 3.8) is 0 Å². The predicted molar refractivity (Wildman–Crippen MR) is 134 cm³/mol. The van der Waals surface area contributed by atoms with E-state index in [2.05, 4.69) is 76.6 Å². The van der Waals surface area contributed by atoms with Crippen molar-refractivity contribution in [1.82, 2.24) is 14.3 Å². The van der Waals surface area contributed by atoms with E-state index in [0.29, 0.717) is 0 Å². The Labute approximate surface area is 200 Å². The minimum Gasteiger partial charge on any atom is -0.368 e. The molecule has 2 aliphatic rings. The molecule has 0 saturated carbocycles. The van der Waals surface area contributed by atoms with Crippen molar-refractivity contribution in [2.24, 2.45) is 0 Å². The van der Waals surface area contributed by atoms with E-state index in [0.717, 1.165) is 62.9 Å². The fraction of sp³-hybridized carbons (Fsp3) is 0.423. The first-order chi connectivity index (χ1) is 16.1. The Balaban J connectivity index is 1.22. The molecule has 0 spiro atoms. The second kappa shape index (κ2) is 9.51. The van der Waals surface area contributed by atoms with Crippen LogP contribution in [0.5, 0.6) is 0 Å². The van der Waals surface area contributed by atoms with E-state index in [-0.39, 0.29) is 11.9 Å². The van der Waals surface area contributed by atoms with Gasteiger partial charge in [-0.25, -0.2) is 4.98 Å². The summed E-state index contributed by atoms with van der Waals surface area (Å²) in [5.41, 5.74) is 5.04. The van der Waals surface area contributed by atoms with Gasteiger partial charge < -0.3 is 14.7 Å².